The Bertz CT molecular complexity index is 357. The Balaban J connectivity index is 2.01. The summed E-state index contributed by atoms with van der Waals surface area (Å²) in [6.45, 7) is 6.16. The standard InChI is InChI=1S/C14H24N4/c1-3-18(4-2)14-15-11-10-13(17-14)16-12-8-6-5-7-9-12/h10-12H,3-9H2,1-2H3,(H,15,16,17). The maximum atomic E-state index is 4.61. The number of rotatable bonds is 5. The molecule has 0 aromatic carbocycles. The summed E-state index contributed by atoms with van der Waals surface area (Å²) in [6.07, 6.45) is 8.45. The minimum atomic E-state index is 0.596. The van der Waals surface area contributed by atoms with Gasteiger partial charge in [-0.05, 0) is 32.8 Å². The van der Waals surface area contributed by atoms with E-state index < -0.39 is 0 Å². The largest absolute Gasteiger partial charge is 0.367 e. The summed E-state index contributed by atoms with van der Waals surface area (Å²) >= 11 is 0. The zero-order valence-electron chi connectivity index (χ0n) is 11.5. The van der Waals surface area contributed by atoms with Gasteiger partial charge in [0, 0.05) is 25.3 Å². The van der Waals surface area contributed by atoms with Crippen LogP contribution in [-0.4, -0.2) is 29.1 Å². The molecule has 0 bridgehead atoms. The minimum absolute atomic E-state index is 0.596. The average Bonchev–Trinajstić information content (AvgIpc) is 2.42. The molecule has 2 rings (SSSR count). The first-order valence-electron chi connectivity index (χ1n) is 7.18. The third kappa shape index (κ3) is 3.34. The highest BCUT2D eigenvalue weighted by atomic mass is 15.3. The number of anilines is 2. The highest BCUT2D eigenvalue weighted by Gasteiger charge is 2.14. The van der Waals surface area contributed by atoms with Crippen LogP contribution in [0.3, 0.4) is 0 Å². The number of aromatic nitrogens is 2. The molecule has 0 saturated heterocycles. The summed E-state index contributed by atoms with van der Waals surface area (Å²) in [5.41, 5.74) is 0. The van der Waals surface area contributed by atoms with Crippen molar-refractivity contribution in [3.8, 4) is 0 Å². The molecule has 1 aromatic heterocycles. The summed E-state index contributed by atoms with van der Waals surface area (Å²) in [5.74, 6) is 1.81. The zero-order chi connectivity index (χ0) is 12.8. The van der Waals surface area contributed by atoms with Crippen LogP contribution in [0.4, 0.5) is 11.8 Å². The van der Waals surface area contributed by atoms with E-state index in [-0.39, 0.29) is 0 Å². The number of hydrogen-bond donors (Lipinski definition) is 1. The van der Waals surface area contributed by atoms with Gasteiger partial charge in [0.1, 0.15) is 5.82 Å². The third-order valence-electron chi connectivity index (χ3n) is 3.65. The second kappa shape index (κ2) is 6.57. The van der Waals surface area contributed by atoms with E-state index in [2.05, 4.69) is 34.0 Å². The van der Waals surface area contributed by atoms with Gasteiger partial charge in [-0.25, -0.2) is 4.98 Å². The fraction of sp³-hybridized carbons (Fsp3) is 0.714. The van der Waals surface area contributed by atoms with E-state index in [4.69, 9.17) is 0 Å². The molecule has 0 radical (unpaired) electrons. The summed E-state index contributed by atoms with van der Waals surface area (Å²) in [4.78, 5) is 11.1. The van der Waals surface area contributed by atoms with E-state index in [0.29, 0.717) is 6.04 Å². The van der Waals surface area contributed by atoms with Crippen molar-refractivity contribution in [2.24, 2.45) is 0 Å². The van der Waals surface area contributed by atoms with E-state index >= 15 is 0 Å². The lowest BCUT2D eigenvalue weighted by Gasteiger charge is -2.24. The fourth-order valence-corrected chi connectivity index (χ4v) is 2.54. The van der Waals surface area contributed by atoms with Crippen LogP contribution in [0, 0.1) is 0 Å². The first-order valence-corrected chi connectivity index (χ1v) is 7.18. The lowest BCUT2D eigenvalue weighted by atomic mass is 9.95. The predicted molar refractivity (Wildman–Crippen MR) is 76.1 cm³/mol. The van der Waals surface area contributed by atoms with E-state index in [1.165, 1.54) is 32.1 Å². The lowest BCUT2D eigenvalue weighted by Crippen LogP contribution is -2.26. The van der Waals surface area contributed by atoms with Crippen LogP contribution in [0.1, 0.15) is 46.0 Å². The van der Waals surface area contributed by atoms with E-state index in [1.807, 2.05) is 12.3 Å². The first kappa shape index (κ1) is 13.1. The first-order chi connectivity index (χ1) is 8.83. The van der Waals surface area contributed by atoms with E-state index in [1.54, 1.807) is 0 Å². The predicted octanol–water partition coefficient (Wildman–Crippen LogP) is 3.07. The van der Waals surface area contributed by atoms with Gasteiger partial charge in [0.05, 0.1) is 0 Å². The van der Waals surface area contributed by atoms with Gasteiger partial charge < -0.3 is 10.2 Å². The molecule has 1 aliphatic carbocycles. The van der Waals surface area contributed by atoms with Crippen LogP contribution < -0.4 is 10.2 Å². The molecule has 1 saturated carbocycles. The second-order valence-electron chi connectivity index (χ2n) is 4.89. The maximum absolute atomic E-state index is 4.61. The molecule has 0 aliphatic heterocycles. The van der Waals surface area contributed by atoms with Crippen molar-refractivity contribution < 1.29 is 0 Å². The van der Waals surface area contributed by atoms with Crippen molar-refractivity contribution in [2.45, 2.75) is 52.0 Å². The van der Waals surface area contributed by atoms with Gasteiger partial charge >= 0.3 is 0 Å². The number of nitrogens with one attached hydrogen (secondary N) is 1. The molecule has 0 unspecified atom stereocenters. The Hall–Kier alpha value is -1.32. The summed E-state index contributed by atoms with van der Waals surface area (Å²) < 4.78 is 0. The Kier molecular flexibility index (Phi) is 4.79. The van der Waals surface area contributed by atoms with Crippen molar-refractivity contribution in [2.75, 3.05) is 23.3 Å². The monoisotopic (exact) mass is 248 g/mol. The molecule has 1 heterocycles. The molecule has 100 valence electrons. The molecule has 1 aromatic rings. The zero-order valence-corrected chi connectivity index (χ0v) is 11.5. The quantitative estimate of drug-likeness (QED) is 0.869. The highest BCUT2D eigenvalue weighted by Crippen LogP contribution is 2.21. The molecule has 0 atom stereocenters. The highest BCUT2D eigenvalue weighted by molar-refractivity contribution is 5.41. The molecule has 4 heteroatoms. The molecular formula is C14H24N4. The van der Waals surface area contributed by atoms with E-state index in [9.17, 15) is 0 Å². The molecule has 4 nitrogen and oxygen atoms in total. The van der Waals surface area contributed by atoms with Crippen LogP contribution in [0.2, 0.25) is 0 Å². The summed E-state index contributed by atoms with van der Waals surface area (Å²) in [5, 5.41) is 3.55. The van der Waals surface area contributed by atoms with Crippen molar-refractivity contribution in [1.29, 1.82) is 0 Å². The smallest absolute Gasteiger partial charge is 0.227 e. The van der Waals surface area contributed by atoms with Crippen LogP contribution in [0.15, 0.2) is 12.3 Å². The minimum Gasteiger partial charge on any atom is -0.367 e. The van der Waals surface area contributed by atoms with Gasteiger partial charge in [-0.3, -0.25) is 0 Å². The molecule has 0 amide bonds. The molecule has 0 spiro atoms. The Labute approximate surface area is 110 Å². The molecule has 1 fully saturated rings. The molecule has 18 heavy (non-hydrogen) atoms. The Morgan fingerprint density at radius 3 is 2.61 bits per heavy atom. The maximum Gasteiger partial charge on any atom is 0.227 e. The summed E-state index contributed by atoms with van der Waals surface area (Å²) in [7, 11) is 0. The average molecular weight is 248 g/mol. The third-order valence-corrected chi connectivity index (χ3v) is 3.65. The van der Waals surface area contributed by atoms with Gasteiger partial charge in [0.15, 0.2) is 0 Å². The van der Waals surface area contributed by atoms with Gasteiger partial charge in [-0.2, -0.15) is 4.98 Å². The second-order valence-corrected chi connectivity index (χ2v) is 4.89. The van der Waals surface area contributed by atoms with Crippen molar-refractivity contribution in [1.82, 2.24) is 9.97 Å². The normalized spacial score (nSPS) is 16.6. The Morgan fingerprint density at radius 1 is 1.22 bits per heavy atom. The Morgan fingerprint density at radius 2 is 1.94 bits per heavy atom. The van der Waals surface area contributed by atoms with E-state index in [0.717, 1.165) is 24.9 Å². The van der Waals surface area contributed by atoms with Crippen LogP contribution >= 0.6 is 0 Å². The summed E-state index contributed by atoms with van der Waals surface area (Å²) in [6, 6.07) is 2.57. The fourth-order valence-electron chi connectivity index (χ4n) is 2.54. The SMILES string of the molecule is CCN(CC)c1nccc(NC2CCCCC2)n1. The number of hydrogen-bond acceptors (Lipinski definition) is 4. The van der Waals surface area contributed by atoms with Gasteiger partial charge in [0.2, 0.25) is 5.95 Å². The topological polar surface area (TPSA) is 41.1 Å². The molecular weight excluding hydrogens is 224 g/mol. The van der Waals surface area contributed by atoms with Crippen molar-refractivity contribution in [3.05, 3.63) is 12.3 Å². The van der Waals surface area contributed by atoms with Crippen molar-refractivity contribution >= 4 is 11.8 Å². The molecule has 1 aliphatic rings. The van der Waals surface area contributed by atoms with Crippen LogP contribution in [0.25, 0.3) is 0 Å². The lowest BCUT2D eigenvalue weighted by molar-refractivity contribution is 0.462. The van der Waals surface area contributed by atoms with Crippen LogP contribution in [-0.2, 0) is 0 Å². The molecule has 1 N–H and O–H groups in total. The number of nitrogens with zero attached hydrogens (tertiary/aromatic N) is 3. The van der Waals surface area contributed by atoms with Crippen molar-refractivity contribution in [3.63, 3.8) is 0 Å². The van der Waals surface area contributed by atoms with Gasteiger partial charge in [-0.1, -0.05) is 19.3 Å². The van der Waals surface area contributed by atoms with Gasteiger partial charge in [0.25, 0.3) is 0 Å². The van der Waals surface area contributed by atoms with Crippen LogP contribution in [0.5, 0.6) is 0 Å². The van der Waals surface area contributed by atoms with Gasteiger partial charge in [-0.15, -0.1) is 0 Å².